The summed E-state index contributed by atoms with van der Waals surface area (Å²) in [5.74, 6) is -0.595. The van der Waals surface area contributed by atoms with E-state index in [0.29, 0.717) is 25.9 Å². The van der Waals surface area contributed by atoms with E-state index < -0.39 is 15.9 Å². The van der Waals surface area contributed by atoms with Crippen molar-refractivity contribution in [1.82, 2.24) is 4.31 Å². The predicted octanol–water partition coefficient (Wildman–Crippen LogP) is 3.64. The Balaban J connectivity index is 1.51. The van der Waals surface area contributed by atoms with Crippen molar-refractivity contribution >= 4 is 33.2 Å². The fourth-order valence-corrected chi connectivity index (χ4v) is 6.45. The van der Waals surface area contributed by atoms with Crippen molar-refractivity contribution in [2.75, 3.05) is 29.9 Å². The Labute approximate surface area is 195 Å². The smallest absolute Gasteiger partial charge is 0.243 e. The van der Waals surface area contributed by atoms with E-state index in [9.17, 15) is 18.0 Å². The molecule has 2 aromatic rings. The Morgan fingerprint density at radius 1 is 1.00 bits per heavy atom. The zero-order chi connectivity index (χ0) is 23.8. The summed E-state index contributed by atoms with van der Waals surface area (Å²) in [5, 5.41) is 2.96. The lowest BCUT2D eigenvalue weighted by molar-refractivity contribution is -0.121. The molecule has 1 atom stereocenters. The van der Waals surface area contributed by atoms with Gasteiger partial charge in [0, 0.05) is 37.9 Å². The van der Waals surface area contributed by atoms with Crippen molar-refractivity contribution in [3.63, 3.8) is 0 Å². The monoisotopic (exact) mass is 469 g/mol. The normalized spacial score (nSPS) is 19.1. The predicted molar refractivity (Wildman–Crippen MR) is 129 cm³/mol. The third-order valence-electron chi connectivity index (χ3n) is 6.43. The van der Waals surface area contributed by atoms with Gasteiger partial charge in [-0.2, -0.15) is 4.31 Å². The van der Waals surface area contributed by atoms with Crippen molar-refractivity contribution < 1.29 is 18.0 Å². The molecular formula is C25H31N3O4S. The van der Waals surface area contributed by atoms with E-state index in [0.717, 1.165) is 40.9 Å². The van der Waals surface area contributed by atoms with Gasteiger partial charge >= 0.3 is 0 Å². The summed E-state index contributed by atoms with van der Waals surface area (Å²) in [5.41, 5.74) is 4.53. The number of nitrogens with zero attached hydrogens (tertiary/aromatic N) is 2. The van der Waals surface area contributed by atoms with Crippen LogP contribution in [0.3, 0.4) is 0 Å². The van der Waals surface area contributed by atoms with Gasteiger partial charge in [-0.15, -0.1) is 0 Å². The maximum atomic E-state index is 13.4. The largest absolute Gasteiger partial charge is 0.326 e. The average molecular weight is 470 g/mol. The molecule has 0 aromatic heterocycles. The van der Waals surface area contributed by atoms with Crippen LogP contribution in [0.2, 0.25) is 0 Å². The van der Waals surface area contributed by atoms with Crippen LogP contribution < -0.4 is 10.2 Å². The standard InChI is InChI=1S/C25H31N3O4S/c1-17-12-18(2)14-22(13-17)26-25(30)21-7-4-10-27(16-21)33(31,32)23-8-9-24-20(15-23)6-5-11-28(24)19(3)29/h8-9,12-15,21H,4-7,10-11,16H2,1-3H3,(H,26,30). The number of fused-ring (bicyclic) bond motifs is 1. The number of aryl methyl sites for hydroxylation is 3. The SMILES string of the molecule is CC(=O)N1CCCc2cc(S(=O)(=O)N3CCCC(C(=O)Nc4cc(C)cc(C)c4)C3)ccc21. The van der Waals surface area contributed by atoms with Gasteiger partial charge in [0.05, 0.1) is 10.8 Å². The van der Waals surface area contributed by atoms with Gasteiger partial charge < -0.3 is 10.2 Å². The van der Waals surface area contributed by atoms with Gasteiger partial charge in [-0.3, -0.25) is 9.59 Å². The number of hydrogen-bond acceptors (Lipinski definition) is 4. The van der Waals surface area contributed by atoms with E-state index in [1.54, 1.807) is 23.1 Å². The van der Waals surface area contributed by atoms with Crippen LogP contribution in [0.15, 0.2) is 41.3 Å². The van der Waals surface area contributed by atoms with Gasteiger partial charge in [0.2, 0.25) is 21.8 Å². The molecule has 2 amide bonds. The number of benzene rings is 2. The molecule has 7 nitrogen and oxygen atoms in total. The summed E-state index contributed by atoms with van der Waals surface area (Å²) < 4.78 is 28.3. The molecule has 4 rings (SSSR count). The van der Waals surface area contributed by atoms with Gasteiger partial charge in [0.25, 0.3) is 0 Å². The molecule has 0 aliphatic carbocycles. The lowest BCUT2D eigenvalue weighted by Crippen LogP contribution is -2.43. The second-order valence-electron chi connectivity index (χ2n) is 9.13. The van der Waals surface area contributed by atoms with Crippen LogP contribution in [0.25, 0.3) is 0 Å². The van der Waals surface area contributed by atoms with E-state index in [4.69, 9.17) is 0 Å². The van der Waals surface area contributed by atoms with Gasteiger partial charge in [-0.1, -0.05) is 6.07 Å². The second kappa shape index (κ2) is 9.27. The Morgan fingerprint density at radius 2 is 1.73 bits per heavy atom. The van der Waals surface area contributed by atoms with E-state index in [1.807, 2.05) is 32.0 Å². The first-order chi connectivity index (χ1) is 15.6. The highest BCUT2D eigenvalue weighted by Gasteiger charge is 2.34. The van der Waals surface area contributed by atoms with Gasteiger partial charge in [0.1, 0.15) is 0 Å². The molecule has 2 aliphatic rings. The van der Waals surface area contributed by atoms with Crippen LogP contribution in [0.1, 0.15) is 42.9 Å². The summed E-state index contributed by atoms with van der Waals surface area (Å²) in [7, 11) is -3.74. The zero-order valence-corrected chi connectivity index (χ0v) is 20.2. The molecule has 0 spiro atoms. The minimum Gasteiger partial charge on any atom is -0.326 e. The number of carbonyl (C=O) groups excluding carboxylic acids is 2. The first-order valence-electron chi connectivity index (χ1n) is 11.5. The summed E-state index contributed by atoms with van der Waals surface area (Å²) in [6.45, 7) is 6.69. The zero-order valence-electron chi connectivity index (χ0n) is 19.4. The number of hydrogen-bond donors (Lipinski definition) is 1. The topological polar surface area (TPSA) is 86.8 Å². The van der Waals surface area contributed by atoms with E-state index >= 15 is 0 Å². The second-order valence-corrected chi connectivity index (χ2v) is 11.1. The number of piperidine rings is 1. The van der Waals surface area contributed by atoms with Crippen LogP contribution in [-0.2, 0) is 26.0 Å². The van der Waals surface area contributed by atoms with Crippen molar-refractivity contribution in [3.8, 4) is 0 Å². The summed E-state index contributed by atoms with van der Waals surface area (Å²) in [6, 6.07) is 10.9. The van der Waals surface area contributed by atoms with Crippen molar-refractivity contribution in [3.05, 3.63) is 53.1 Å². The Kier molecular flexibility index (Phi) is 6.59. The van der Waals surface area contributed by atoms with Crippen LogP contribution in [0.5, 0.6) is 0 Å². The van der Waals surface area contributed by atoms with Gasteiger partial charge in [0.15, 0.2) is 0 Å². The van der Waals surface area contributed by atoms with Crippen LogP contribution in [0, 0.1) is 19.8 Å². The van der Waals surface area contributed by atoms with Gasteiger partial charge in [-0.25, -0.2) is 8.42 Å². The lowest BCUT2D eigenvalue weighted by atomic mass is 9.98. The number of sulfonamides is 1. The Hall–Kier alpha value is -2.71. The minimum absolute atomic E-state index is 0.0414. The maximum Gasteiger partial charge on any atom is 0.243 e. The third-order valence-corrected chi connectivity index (χ3v) is 8.29. The molecule has 0 radical (unpaired) electrons. The number of rotatable bonds is 4. The highest BCUT2D eigenvalue weighted by molar-refractivity contribution is 7.89. The molecular weight excluding hydrogens is 438 g/mol. The Bertz CT molecular complexity index is 1170. The van der Waals surface area contributed by atoms with Crippen LogP contribution >= 0.6 is 0 Å². The number of anilines is 2. The minimum atomic E-state index is -3.74. The highest BCUT2D eigenvalue weighted by Crippen LogP contribution is 2.32. The first kappa shape index (κ1) is 23.4. The van der Waals surface area contributed by atoms with Crippen molar-refractivity contribution in [2.24, 2.45) is 5.92 Å². The molecule has 1 fully saturated rings. The average Bonchev–Trinajstić information content (AvgIpc) is 2.77. The van der Waals surface area contributed by atoms with Crippen LogP contribution in [-0.4, -0.2) is 44.2 Å². The highest BCUT2D eigenvalue weighted by atomic mass is 32.2. The number of nitrogens with one attached hydrogen (secondary N) is 1. The quantitative estimate of drug-likeness (QED) is 0.741. The van der Waals surface area contributed by atoms with Crippen molar-refractivity contribution in [1.29, 1.82) is 0 Å². The summed E-state index contributed by atoms with van der Waals surface area (Å²) in [4.78, 5) is 26.8. The maximum absolute atomic E-state index is 13.4. The van der Waals surface area contributed by atoms with Crippen LogP contribution in [0.4, 0.5) is 11.4 Å². The Morgan fingerprint density at radius 3 is 2.42 bits per heavy atom. The first-order valence-corrected chi connectivity index (χ1v) is 12.9. The molecule has 1 saturated heterocycles. The van der Waals surface area contributed by atoms with E-state index in [2.05, 4.69) is 5.32 Å². The molecule has 1 N–H and O–H groups in total. The van der Waals surface area contributed by atoms with Gasteiger partial charge in [-0.05, 0) is 86.6 Å². The summed E-state index contributed by atoms with van der Waals surface area (Å²) in [6.07, 6.45) is 2.83. The van der Waals surface area contributed by atoms with E-state index in [-0.39, 0.29) is 23.3 Å². The summed E-state index contributed by atoms with van der Waals surface area (Å²) >= 11 is 0. The number of carbonyl (C=O) groups is 2. The number of amides is 2. The fraction of sp³-hybridized carbons (Fsp3) is 0.440. The molecule has 2 heterocycles. The molecule has 2 aliphatic heterocycles. The lowest BCUT2D eigenvalue weighted by Gasteiger charge is -2.32. The molecule has 1 unspecified atom stereocenters. The molecule has 0 bridgehead atoms. The molecule has 2 aromatic carbocycles. The molecule has 176 valence electrons. The molecule has 8 heteroatoms. The molecule has 33 heavy (non-hydrogen) atoms. The fourth-order valence-electron chi connectivity index (χ4n) is 4.88. The van der Waals surface area contributed by atoms with Crippen molar-refractivity contribution in [2.45, 2.75) is 51.3 Å². The van der Waals surface area contributed by atoms with E-state index in [1.165, 1.54) is 11.2 Å². The third kappa shape index (κ3) is 4.96. The molecule has 0 saturated carbocycles.